The molecule has 2 N–H and O–H groups in total. The van der Waals surface area contributed by atoms with E-state index in [-0.39, 0.29) is 11.5 Å². The summed E-state index contributed by atoms with van der Waals surface area (Å²) in [7, 11) is 0. The van der Waals surface area contributed by atoms with Crippen molar-refractivity contribution in [2.75, 3.05) is 0 Å². The maximum atomic E-state index is 13.2. The van der Waals surface area contributed by atoms with Crippen LogP contribution < -0.4 is 5.73 Å². The van der Waals surface area contributed by atoms with Crippen molar-refractivity contribution in [3.05, 3.63) is 33.8 Å². The molecule has 0 aliphatic heterocycles. The summed E-state index contributed by atoms with van der Waals surface area (Å²) < 4.78 is 40.0. The van der Waals surface area contributed by atoms with Crippen LogP contribution in [-0.4, -0.2) is 0 Å². The molecule has 0 amide bonds. The number of rotatable bonds is 3. The molecule has 0 saturated heterocycles. The molecule has 1 aromatic rings. The summed E-state index contributed by atoms with van der Waals surface area (Å²) in [6, 6.07) is 3.76. The molecule has 118 valence electrons. The van der Waals surface area contributed by atoms with Crippen molar-refractivity contribution >= 4 is 15.9 Å². The SMILES string of the molecule is CCC1CCC(C(N)c2ccc(Br)cc2C(F)(F)F)CC1. The number of hydrogen-bond donors (Lipinski definition) is 1. The van der Waals surface area contributed by atoms with Crippen molar-refractivity contribution in [1.29, 1.82) is 0 Å². The Bertz CT molecular complexity index is 479. The Labute approximate surface area is 132 Å². The Kier molecular flexibility index (Phi) is 5.36. The standard InChI is InChI=1S/C16H21BrF3N/c1-2-10-3-5-11(6-4-10)15(21)13-8-7-12(17)9-14(13)16(18,19)20/h7-11,15H,2-6,21H2,1H3. The Balaban J connectivity index is 2.21. The van der Waals surface area contributed by atoms with E-state index in [0.717, 1.165) is 38.2 Å². The van der Waals surface area contributed by atoms with Gasteiger partial charge in [0, 0.05) is 10.5 Å². The van der Waals surface area contributed by atoms with E-state index in [1.165, 1.54) is 6.07 Å². The molecule has 1 nitrogen and oxygen atoms in total. The van der Waals surface area contributed by atoms with Gasteiger partial charge >= 0.3 is 6.18 Å². The lowest BCUT2D eigenvalue weighted by atomic mass is 9.75. The fourth-order valence-electron chi connectivity index (χ4n) is 3.27. The van der Waals surface area contributed by atoms with Crippen molar-refractivity contribution in [2.45, 2.75) is 51.2 Å². The van der Waals surface area contributed by atoms with E-state index in [0.29, 0.717) is 10.4 Å². The normalized spacial score (nSPS) is 24.9. The first-order valence-corrected chi connectivity index (χ1v) is 8.24. The first-order chi connectivity index (χ1) is 9.82. The van der Waals surface area contributed by atoms with E-state index in [4.69, 9.17) is 5.73 Å². The predicted octanol–water partition coefficient (Wildman–Crippen LogP) is 5.68. The van der Waals surface area contributed by atoms with Gasteiger partial charge in [0.1, 0.15) is 0 Å². The topological polar surface area (TPSA) is 26.0 Å². The van der Waals surface area contributed by atoms with Crippen molar-refractivity contribution in [1.82, 2.24) is 0 Å². The van der Waals surface area contributed by atoms with Crippen molar-refractivity contribution in [3.63, 3.8) is 0 Å². The monoisotopic (exact) mass is 363 g/mol. The van der Waals surface area contributed by atoms with Gasteiger partial charge in [-0.1, -0.05) is 48.2 Å². The van der Waals surface area contributed by atoms with Crippen LogP contribution in [0.1, 0.15) is 56.2 Å². The molecule has 0 aromatic heterocycles. The zero-order valence-corrected chi connectivity index (χ0v) is 13.7. The zero-order valence-electron chi connectivity index (χ0n) is 12.1. The highest BCUT2D eigenvalue weighted by molar-refractivity contribution is 9.10. The molecule has 5 heteroatoms. The molecule has 1 atom stereocenters. The van der Waals surface area contributed by atoms with Crippen LogP contribution in [0.3, 0.4) is 0 Å². The molecule has 1 aliphatic carbocycles. The van der Waals surface area contributed by atoms with E-state index in [2.05, 4.69) is 22.9 Å². The first kappa shape index (κ1) is 16.8. The molecule has 0 heterocycles. The lowest BCUT2D eigenvalue weighted by Crippen LogP contribution is -2.28. The third kappa shape index (κ3) is 4.01. The summed E-state index contributed by atoms with van der Waals surface area (Å²) in [5.41, 5.74) is 5.81. The van der Waals surface area contributed by atoms with Crippen LogP contribution in [0.2, 0.25) is 0 Å². The van der Waals surface area contributed by atoms with Crippen molar-refractivity contribution < 1.29 is 13.2 Å². The van der Waals surface area contributed by atoms with Gasteiger partial charge in [-0.05, 0) is 42.4 Å². The van der Waals surface area contributed by atoms with Crippen LogP contribution in [0.25, 0.3) is 0 Å². The van der Waals surface area contributed by atoms with Crippen LogP contribution in [0.5, 0.6) is 0 Å². The third-order valence-corrected chi connectivity index (χ3v) is 5.15. The van der Waals surface area contributed by atoms with Gasteiger partial charge in [-0.15, -0.1) is 0 Å². The zero-order chi connectivity index (χ0) is 15.6. The quantitative estimate of drug-likeness (QED) is 0.733. The average Bonchev–Trinajstić information content (AvgIpc) is 2.45. The highest BCUT2D eigenvalue weighted by Crippen LogP contribution is 2.41. The average molecular weight is 364 g/mol. The van der Waals surface area contributed by atoms with E-state index >= 15 is 0 Å². The molecule has 1 aliphatic rings. The van der Waals surface area contributed by atoms with Crippen LogP contribution >= 0.6 is 15.9 Å². The Hall–Kier alpha value is -0.550. The second-order valence-electron chi connectivity index (χ2n) is 5.94. The molecule has 1 aromatic carbocycles. The smallest absolute Gasteiger partial charge is 0.324 e. The molecule has 2 rings (SSSR count). The van der Waals surface area contributed by atoms with E-state index in [9.17, 15) is 13.2 Å². The van der Waals surface area contributed by atoms with Crippen molar-refractivity contribution in [2.24, 2.45) is 17.6 Å². The number of nitrogens with two attached hydrogens (primary N) is 1. The highest BCUT2D eigenvalue weighted by atomic mass is 79.9. The van der Waals surface area contributed by atoms with Crippen LogP contribution in [-0.2, 0) is 6.18 Å². The summed E-state index contributed by atoms with van der Waals surface area (Å²) in [4.78, 5) is 0. The molecule has 0 spiro atoms. The minimum Gasteiger partial charge on any atom is -0.324 e. The lowest BCUT2D eigenvalue weighted by molar-refractivity contribution is -0.138. The summed E-state index contributed by atoms with van der Waals surface area (Å²) in [5, 5.41) is 0. The number of benzene rings is 1. The minimum atomic E-state index is -4.36. The van der Waals surface area contributed by atoms with E-state index in [1.807, 2.05) is 0 Å². The fraction of sp³-hybridized carbons (Fsp3) is 0.625. The molecule has 21 heavy (non-hydrogen) atoms. The van der Waals surface area contributed by atoms with Gasteiger partial charge in [-0.25, -0.2) is 0 Å². The van der Waals surface area contributed by atoms with Gasteiger partial charge in [-0.3, -0.25) is 0 Å². The van der Waals surface area contributed by atoms with Gasteiger partial charge in [0.2, 0.25) is 0 Å². The highest BCUT2D eigenvalue weighted by Gasteiger charge is 2.37. The second kappa shape index (κ2) is 6.69. The van der Waals surface area contributed by atoms with E-state index < -0.39 is 17.8 Å². The maximum Gasteiger partial charge on any atom is 0.416 e. The van der Waals surface area contributed by atoms with Gasteiger partial charge in [0.05, 0.1) is 5.56 Å². The largest absolute Gasteiger partial charge is 0.416 e. The minimum absolute atomic E-state index is 0.148. The molecule has 0 radical (unpaired) electrons. The van der Waals surface area contributed by atoms with Crippen LogP contribution in [0.4, 0.5) is 13.2 Å². The summed E-state index contributed by atoms with van der Waals surface area (Å²) in [5.74, 6) is 0.857. The molecule has 1 fully saturated rings. The van der Waals surface area contributed by atoms with E-state index in [1.54, 1.807) is 6.07 Å². The molecule has 1 unspecified atom stereocenters. The van der Waals surface area contributed by atoms with Gasteiger partial charge in [0.25, 0.3) is 0 Å². The maximum absolute atomic E-state index is 13.2. The molecule has 0 bridgehead atoms. The third-order valence-electron chi connectivity index (χ3n) is 4.66. The number of halogens is 4. The summed E-state index contributed by atoms with van der Waals surface area (Å²) in [6.45, 7) is 2.17. The number of hydrogen-bond acceptors (Lipinski definition) is 1. The van der Waals surface area contributed by atoms with Gasteiger partial charge in [0.15, 0.2) is 0 Å². The van der Waals surface area contributed by atoms with Gasteiger partial charge in [-0.2, -0.15) is 13.2 Å². The van der Waals surface area contributed by atoms with Crippen LogP contribution in [0.15, 0.2) is 22.7 Å². The Morgan fingerprint density at radius 2 is 1.86 bits per heavy atom. The predicted molar refractivity (Wildman–Crippen MR) is 81.8 cm³/mol. The van der Waals surface area contributed by atoms with Crippen molar-refractivity contribution in [3.8, 4) is 0 Å². The number of alkyl halides is 3. The molecular weight excluding hydrogens is 343 g/mol. The molecular formula is C16H21BrF3N. The second-order valence-corrected chi connectivity index (χ2v) is 6.86. The Morgan fingerprint density at radius 1 is 1.24 bits per heavy atom. The molecule has 1 saturated carbocycles. The van der Waals surface area contributed by atoms with Crippen LogP contribution in [0, 0.1) is 11.8 Å². The lowest BCUT2D eigenvalue weighted by Gasteiger charge is -2.33. The summed E-state index contributed by atoms with van der Waals surface area (Å²) in [6.07, 6.45) is 0.783. The summed E-state index contributed by atoms with van der Waals surface area (Å²) >= 11 is 3.11. The fourth-order valence-corrected chi connectivity index (χ4v) is 3.64. The Morgan fingerprint density at radius 3 is 2.38 bits per heavy atom. The van der Waals surface area contributed by atoms with Gasteiger partial charge < -0.3 is 5.73 Å². The first-order valence-electron chi connectivity index (χ1n) is 7.45.